The second-order valence-corrected chi connectivity index (χ2v) is 13.0. The van der Waals surface area contributed by atoms with Crippen LogP contribution in [0.15, 0.2) is 170 Å². The summed E-state index contributed by atoms with van der Waals surface area (Å²) in [5.41, 5.74) is 11.1. The van der Waals surface area contributed by atoms with Crippen molar-refractivity contribution in [3.05, 3.63) is 170 Å². The summed E-state index contributed by atoms with van der Waals surface area (Å²) in [6.45, 7) is 0. The molecule has 0 saturated carbocycles. The normalized spacial score (nSPS) is 12.0. The molecule has 0 saturated heterocycles. The third-order valence-corrected chi connectivity index (χ3v) is 10.3. The van der Waals surface area contributed by atoms with Crippen molar-refractivity contribution >= 4 is 76.2 Å². The van der Waals surface area contributed by atoms with E-state index >= 15 is 0 Å². The molecule has 4 heterocycles. The highest BCUT2D eigenvalue weighted by atomic mass is 15.0. The van der Waals surface area contributed by atoms with Crippen LogP contribution in [0.3, 0.4) is 0 Å². The Balaban J connectivity index is 1.21. The van der Waals surface area contributed by atoms with Crippen molar-refractivity contribution in [2.24, 2.45) is 0 Å². The van der Waals surface area contributed by atoms with Gasteiger partial charge in [-0.3, -0.25) is 4.98 Å². The molecule has 4 heteroatoms. The van der Waals surface area contributed by atoms with Crippen LogP contribution in [-0.4, -0.2) is 19.1 Å². The maximum absolute atomic E-state index is 5.36. The van der Waals surface area contributed by atoms with E-state index in [4.69, 9.17) is 9.97 Å². The lowest BCUT2D eigenvalue weighted by Gasteiger charge is -2.11. The predicted molar refractivity (Wildman–Crippen MR) is 209 cm³/mol. The van der Waals surface area contributed by atoms with Gasteiger partial charge in [-0.2, -0.15) is 0 Å². The molecule has 0 aliphatic heterocycles. The zero-order valence-corrected chi connectivity index (χ0v) is 27.0. The summed E-state index contributed by atoms with van der Waals surface area (Å²) in [6.07, 6.45) is 1.87. The molecule has 11 rings (SSSR count). The van der Waals surface area contributed by atoms with Gasteiger partial charge in [-0.25, -0.2) is 4.98 Å². The molecule has 0 radical (unpaired) electrons. The Morgan fingerprint density at radius 2 is 0.840 bits per heavy atom. The van der Waals surface area contributed by atoms with E-state index in [1.165, 1.54) is 38.1 Å². The SMILES string of the molecule is c1ccc(-n2c3ccccc3c3cc4c(cc32)c2ccc(-c3ccc5c6cccnc6c6ccccc6c5n3)cc2n4-c2ccccc2)cc1. The molecule has 232 valence electrons. The lowest BCUT2D eigenvalue weighted by atomic mass is 9.99. The number of benzene rings is 7. The molecule has 0 N–H and O–H groups in total. The molecule has 4 aromatic heterocycles. The third-order valence-electron chi connectivity index (χ3n) is 10.3. The summed E-state index contributed by atoms with van der Waals surface area (Å²) < 4.78 is 4.81. The summed E-state index contributed by atoms with van der Waals surface area (Å²) in [5, 5.41) is 9.40. The van der Waals surface area contributed by atoms with E-state index in [1.807, 2.05) is 12.3 Å². The molecular weight excluding hydrogens is 609 g/mol. The highest BCUT2D eigenvalue weighted by Gasteiger charge is 2.19. The van der Waals surface area contributed by atoms with Crippen molar-refractivity contribution in [1.82, 2.24) is 19.1 Å². The minimum atomic E-state index is 0.948. The number of aromatic nitrogens is 4. The van der Waals surface area contributed by atoms with Crippen molar-refractivity contribution in [2.45, 2.75) is 0 Å². The average Bonchev–Trinajstić information content (AvgIpc) is 3.69. The zero-order chi connectivity index (χ0) is 32.8. The second-order valence-electron chi connectivity index (χ2n) is 13.0. The quantitative estimate of drug-likeness (QED) is 0.181. The van der Waals surface area contributed by atoms with Gasteiger partial charge in [-0.15, -0.1) is 0 Å². The third kappa shape index (κ3) is 3.81. The van der Waals surface area contributed by atoms with Crippen molar-refractivity contribution in [2.75, 3.05) is 0 Å². The molecule has 0 unspecified atom stereocenters. The van der Waals surface area contributed by atoms with Crippen LogP contribution in [-0.2, 0) is 0 Å². The lowest BCUT2D eigenvalue weighted by Crippen LogP contribution is -1.95. The average molecular weight is 637 g/mol. The zero-order valence-electron chi connectivity index (χ0n) is 27.0. The first-order chi connectivity index (χ1) is 24.8. The summed E-state index contributed by atoms with van der Waals surface area (Å²) >= 11 is 0. The predicted octanol–water partition coefficient (Wildman–Crippen LogP) is 11.8. The number of fused-ring (bicyclic) bond motifs is 12. The van der Waals surface area contributed by atoms with E-state index in [1.54, 1.807) is 0 Å². The standard InChI is InChI=1S/C46H28N4/c1-3-12-30(13-4-1)49-41-20-10-9-16-32(41)38-27-44-39(28-43(38)49)33-22-21-29(26-42(33)50(44)31-14-5-2-6-15-31)40-24-23-37-35-19-11-25-47-45(35)34-17-7-8-18-36(34)46(37)48-40/h1-28H. The second kappa shape index (κ2) is 10.4. The Bertz CT molecular complexity index is 3100. The van der Waals surface area contributed by atoms with Crippen molar-refractivity contribution < 1.29 is 0 Å². The van der Waals surface area contributed by atoms with Crippen LogP contribution in [0.4, 0.5) is 0 Å². The molecule has 0 aliphatic rings. The van der Waals surface area contributed by atoms with Crippen LogP contribution >= 0.6 is 0 Å². The highest BCUT2D eigenvalue weighted by molar-refractivity contribution is 6.23. The fraction of sp³-hybridized carbons (Fsp3) is 0. The molecule has 11 aromatic rings. The Kier molecular flexibility index (Phi) is 5.63. The van der Waals surface area contributed by atoms with Gasteiger partial charge in [0, 0.05) is 66.2 Å². The van der Waals surface area contributed by atoms with Gasteiger partial charge >= 0.3 is 0 Å². The molecule has 0 aliphatic carbocycles. The summed E-state index contributed by atoms with van der Waals surface area (Å²) in [4.78, 5) is 10.1. The van der Waals surface area contributed by atoms with Crippen molar-refractivity contribution in [3.8, 4) is 22.6 Å². The topological polar surface area (TPSA) is 35.6 Å². The van der Waals surface area contributed by atoms with Crippen LogP contribution < -0.4 is 0 Å². The van der Waals surface area contributed by atoms with E-state index in [2.05, 4.69) is 167 Å². The number of rotatable bonds is 3. The Morgan fingerprint density at radius 1 is 0.340 bits per heavy atom. The van der Waals surface area contributed by atoms with Crippen LogP contribution in [0.5, 0.6) is 0 Å². The van der Waals surface area contributed by atoms with Gasteiger partial charge < -0.3 is 9.13 Å². The van der Waals surface area contributed by atoms with E-state index < -0.39 is 0 Å². The van der Waals surface area contributed by atoms with Crippen LogP contribution in [0.25, 0.3) is 98.8 Å². The molecule has 0 amide bonds. The largest absolute Gasteiger partial charge is 0.309 e. The van der Waals surface area contributed by atoms with Crippen LogP contribution in [0.2, 0.25) is 0 Å². The fourth-order valence-corrected chi connectivity index (χ4v) is 8.12. The van der Waals surface area contributed by atoms with Gasteiger partial charge in [0.2, 0.25) is 0 Å². The Morgan fingerprint density at radius 3 is 1.54 bits per heavy atom. The summed E-state index contributed by atoms with van der Waals surface area (Å²) in [7, 11) is 0. The molecule has 0 atom stereocenters. The first-order valence-electron chi connectivity index (χ1n) is 17.0. The van der Waals surface area contributed by atoms with Crippen LogP contribution in [0, 0.1) is 0 Å². The number of hydrogen-bond donors (Lipinski definition) is 0. The number of pyridine rings is 2. The van der Waals surface area contributed by atoms with E-state index in [0.29, 0.717) is 0 Å². The number of hydrogen-bond acceptors (Lipinski definition) is 2. The minimum Gasteiger partial charge on any atom is -0.309 e. The fourth-order valence-electron chi connectivity index (χ4n) is 8.12. The monoisotopic (exact) mass is 636 g/mol. The lowest BCUT2D eigenvalue weighted by molar-refractivity contribution is 1.17. The molecule has 0 bridgehead atoms. The molecule has 7 aromatic carbocycles. The van der Waals surface area contributed by atoms with E-state index in [9.17, 15) is 0 Å². The number of nitrogens with zero attached hydrogens (tertiary/aromatic N) is 4. The Hall–Kier alpha value is -6.78. The minimum absolute atomic E-state index is 0.948. The highest BCUT2D eigenvalue weighted by Crippen LogP contribution is 2.41. The molecule has 50 heavy (non-hydrogen) atoms. The first-order valence-corrected chi connectivity index (χ1v) is 17.0. The van der Waals surface area contributed by atoms with Crippen molar-refractivity contribution in [1.29, 1.82) is 0 Å². The van der Waals surface area contributed by atoms with E-state index in [-0.39, 0.29) is 0 Å². The molecule has 0 fully saturated rings. The van der Waals surface area contributed by atoms with Gasteiger partial charge in [0.05, 0.1) is 38.8 Å². The van der Waals surface area contributed by atoms with Gasteiger partial charge in [0.1, 0.15) is 0 Å². The number of para-hydroxylation sites is 3. The van der Waals surface area contributed by atoms with Crippen LogP contribution in [0.1, 0.15) is 0 Å². The molecule has 4 nitrogen and oxygen atoms in total. The first kappa shape index (κ1) is 27.2. The smallest absolute Gasteiger partial charge is 0.0795 e. The van der Waals surface area contributed by atoms with Crippen molar-refractivity contribution in [3.63, 3.8) is 0 Å². The van der Waals surface area contributed by atoms with Gasteiger partial charge in [-0.1, -0.05) is 97.1 Å². The molecule has 0 spiro atoms. The summed E-state index contributed by atoms with van der Waals surface area (Å²) in [6, 6.07) is 58.7. The van der Waals surface area contributed by atoms with Gasteiger partial charge in [0.15, 0.2) is 0 Å². The van der Waals surface area contributed by atoms with Gasteiger partial charge in [-0.05, 0) is 66.7 Å². The van der Waals surface area contributed by atoms with Gasteiger partial charge in [0.25, 0.3) is 0 Å². The maximum atomic E-state index is 5.36. The summed E-state index contributed by atoms with van der Waals surface area (Å²) in [5.74, 6) is 0. The molecular formula is C46H28N4. The van der Waals surface area contributed by atoms with E-state index in [0.717, 1.165) is 60.7 Å². The maximum Gasteiger partial charge on any atom is 0.0795 e. The Labute approximate surface area is 287 Å².